The lowest BCUT2D eigenvalue weighted by Crippen LogP contribution is -2.29. The van der Waals surface area contributed by atoms with Gasteiger partial charge in [0, 0.05) is 47.4 Å². The summed E-state index contributed by atoms with van der Waals surface area (Å²) in [6.07, 6.45) is 2.68. The van der Waals surface area contributed by atoms with Crippen molar-refractivity contribution in [1.82, 2.24) is 4.57 Å². The average molecular weight is 479 g/mol. The lowest BCUT2D eigenvalue weighted by molar-refractivity contribution is -0.132. The molecule has 36 heavy (non-hydrogen) atoms. The maximum Gasteiger partial charge on any atom is 0.300 e. The predicted octanol–water partition coefficient (Wildman–Crippen LogP) is 5.36. The zero-order valence-electron chi connectivity index (χ0n) is 20.4. The van der Waals surface area contributed by atoms with Crippen molar-refractivity contribution in [2.24, 2.45) is 7.05 Å². The minimum absolute atomic E-state index is 0.0920. The van der Waals surface area contributed by atoms with Crippen LogP contribution in [0.1, 0.15) is 33.9 Å². The molecule has 1 saturated heterocycles. The fourth-order valence-corrected chi connectivity index (χ4v) is 5.56. The molecule has 3 heterocycles. The Balaban J connectivity index is 1.62. The van der Waals surface area contributed by atoms with Crippen molar-refractivity contribution in [3.63, 3.8) is 0 Å². The monoisotopic (exact) mass is 478 g/mol. The Bertz CT molecular complexity index is 1590. The second kappa shape index (κ2) is 8.12. The van der Waals surface area contributed by atoms with Gasteiger partial charge in [-0.1, -0.05) is 24.3 Å². The van der Waals surface area contributed by atoms with E-state index in [1.54, 1.807) is 6.07 Å². The van der Waals surface area contributed by atoms with Gasteiger partial charge in [0.15, 0.2) is 0 Å². The molecule has 1 unspecified atom stereocenters. The topological polar surface area (TPSA) is 71.8 Å². The number of ketones is 1. The Morgan fingerprint density at radius 2 is 1.75 bits per heavy atom. The lowest BCUT2D eigenvalue weighted by Gasteiger charge is -2.25. The first kappa shape index (κ1) is 22.2. The molecule has 6 nitrogen and oxygen atoms in total. The number of amides is 1. The highest BCUT2D eigenvalue weighted by Crippen LogP contribution is 2.45. The molecule has 0 saturated carbocycles. The Morgan fingerprint density at radius 3 is 2.53 bits per heavy atom. The summed E-state index contributed by atoms with van der Waals surface area (Å²) >= 11 is 0. The number of carbonyl (C=O) groups excluding carboxylic acids is 2. The largest absolute Gasteiger partial charge is 0.507 e. The Hall–Kier alpha value is -4.32. The number of carbonyl (C=O) groups is 2. The first-order valence-electron chi connectivity index (χ1n) is 12.0. The number of para-hydroxylation sites is 1. The molecule has 1 atom stereocenters. The molecule has 4 aromatic rings. The van der Waals surface area contributed by atoms with Gasteiger partial charge in [-0.2, -0.15) is 0 Å². The molecule has 0 radical (unpaired) electrons. The first-order chi connectivity index (χ1) is 17.3. The maximum absolute atomic E-state index is 13.6. The lowest BCUT2D eigenvalue weighted by atomic mass is 9.94. The molecule has 3 aromatic carbocycles. The molecule has 0 bridgehead atoms. The smallest absolute Gasteiger partial charge is 0.300 e. The van der Waals surface area contributed by atoms with Crippen LogP contribution in [0.15, 0.2) is 72.4 Å². The van der Waals surface area contributed by atoms with Gasteiger partial charge in [0.1, 0.15) is 11.5 Å². The number of hydrogen-bond acceptors (Lipinski definition) is 4. The molecule has 6 heteroatoms. The van der Waals surface area contributed by atoms with Gasteiger partial charge in [-0.15, -0.1) is 0 Å². The van der Waals surface area contributed by atoms with Crippen molar-refractivity contribution in [3.8, 4) is 5.75 Å². The molecule has 6 rings (SSSR count). The molecule has 1 N–H and O–H groups in total. The van der Waals surface area contributed by atoms with E-state index in [0.717, 1.165) is 45.3 Å². The molecule has 0 spiro atoms. The van der Waals surface area contributed by atoms with Crippen LogP contribution in [0.25, 0.3) is 16.7 Å². The summed E-state index contributed by atoms with van der Waals surface area (Å²) in [5.74, 6) is -0.731. The number of ether oxygens (including phenoxy) is 1. The van der Waals surface area contributed by atoms with Crippen LogP contribution >= 0.6 is 0 Å². The van der Waals surface area contributed by atoms with Crippen molar-refractivity contribution >= 4 is 34.0 Å². The van der Waals surface area contributed by atoms with E-state index >= 15 is 0 Å². The number of aromatic nitrogens is 1. The third-order valence-corrected chi connectivity index (χ3v) is 7.11. The van der Waals surface area contributed by atoms with Crippen molar-refractivity contribution in [2.75, 3.05) is 11.5 Å². The Kier molecular flexibility index (Phi) is 5.00. The number of aliphatic hydroxyl groups is 1. The number of fused-ring (bicyclic) bond motifs is 2. The number of aryl methyl sites for hydroxylation is 3. The summed E-state index contributed by atoms with van der Waals surface area (Å²) in [5.41, 5.74) is 5.95. The van der Waals surface area contributed by atoms with Crippen molar-refractivity contribution in [3.05, 3.63) is 100 Å². The second-order valence-electron chi connectivity index (χ2n) is 9.65. The normalized spacial score (nSPS) is 18.6. The van der Waals surface area contributed by atoms with Crippen LogP contribution in [-0.2, 0) is 23.1 Å². The number of Topliss-reactive ketones (excluding diaryl/α,β-unsaturated/α-hetero) is 1. The van der Waals surface area contributed by atoms with E-state index in [1.165, 1.54) is 4.90 Å². The molecular weight excluding hydrogens is 452 g/mol. The fourth-order valence-electron chi connectivity index (χ4n) is 5.56. The second-order valence-corrected chi connectivity index (χ2v) is 9.65. The summed E-state index contributed by atoms with van der Waals surface area (Å²) in [5, 5.41) is 12.5. The predicted molar refractivity (Wildman–Crippen MR) is 139 cm³/mol. The number of benzene rings is 3. The summed E-state index contributed by atoms with van der Waals surface area (Å²) in [4.78, 5) is 28.7. The highest BCUT2D eigenvalue weighted by molar-refractivity contribution is 6.52. The number of anilines is 1. The van der Waals surface area contributed by atoms with Gasteiger partial charge < -0.3 is 14.4 Å². The van der Waals surface area contributed by atoms with Crippen molar-refractivity contribution in [2.45, 2.75) is 26.3 Å². The third kappa shape index (κ3) is 3.33. The van der Waals surface area contributed by atoms with Crippen LogP contribution in [0, 0.1) is 13.8 Å². The van der Waals surface area contributed by atoms with Gasteiger partial charge >= 0.3 is 0 Å². The summed E-state index contributed by atoms with van der Waals surface area (Å²) in [7, 11) is 1.94. The van der Waals surface area contributed by atoms with Gasteiger partial charge in [-0.25, -0.2) is 0 Å². The van der Waals surface area contributed by atoms with E-state index in [0.29, 0.717) is 17.9 Å². The van der Waals surface area contributed by atoms with E-state index in [9.17, 15) is 14.7 Å². The highest BCUT2D eigenvalue weighted by Gasteiger charge is 2.48. The van der Waals surface area contributed by atoms with Gasteiger partial charge in [0.2, 0.25) is 0 Å². The zero-order chi connectivity index (χ0) is 25.1. The molecule has 1 amide bonds. The third-order valence-electron chi connectivity index (χ3n) is 7.11. The van der Waals surface area contributed by atoms with E-state index in [2.05, 4.69) is 0 Å². The van der Waals surface area contributed by atoms with Gasteiger partial charge in [0.25, 0.3) is 11.7 Å². The highest BCUT2D eigenvalue weighted by atomic mass is 16.5. The Morgan fingerprint density at radius 1 is 1.00 bits per heavy atom. The maximum atomic E-state index is 13.6. The van der Waals surface area contributed by atoms with Crippen LogP contribution in [-0.4, -0.2) is 28.0 Å². The zero-order valence-corrected chi connectivity index (χ0v) is 20.4. The van der Waals surface area contributed by atoms with Crippen LogP contribution in [0.3, 0.4) is 0 Å². The molecule has 1 aromatic heterocycles. The van der Waals surface area contributed by atoms with Crippen molar-refractivity contribution < 1.29 is 19.4 Å². The molecule has 180 valence electrons. The molecular formula is C30H26N2O4. The number of rotatable bonds is 3. The van der Waals surface area contributed by atoms with Crippen LogP contribution < -0.4 is 9.64 Å². The van der Waals surface area contributed by atoms with Crippen LogP contribution in [0.2, 0.25) is 0 Å². The SMILES string of the molecule is Cc1cc(C)cc(N2C(=O)C(=O)/C(=C(/O)c3ccc4c(c3)CCO4)C2c2cn(C)c3ccccc23)c1. The minimum atomic E-state index is -0.776. The number of nitrogens with zero attached hydrogens (tertiary/aromatic N) is 2. The molecule has 0 aliphatic carbocycles. The van der Waals surface area contributed by atoms with E-state index in [1.807, 2.05) is 86.3 Å². The standard InChI is InChI=1S/C30H26N2O4/c1-17-12-18(2)14-21(13-17)32-27(23-16-31(3)24-7-5-4-6-22(23)24)26(29(34)30(32)35)28(33)20-8-9-25-19(15-20)10-11-36-25/h4-9,12-16,27,33H,10-11H2,1-3H3/b28-26+. The van der Waals surface area contributed by atoms with Gasteiger partial charge in [-0.3, -0.25) is 14.5 Å². The first-order valence-corrected chi connectivity index (χ1v) is 12.0. The van der Waals surface area contributed by atoms with E-state index in [-0.39, 0.29) is 11.3 Å². The summed E-state index contributed by atoms with van der Waals surface area (Å²) < 4.78 is 7.59. The minimum Gasteiger partial charge on any atom is -0.507 e. The van der Waals surface area contributed by atoms with Gasteiger partial charge in [-0.05, 0) is 66.9 Å². The molecule has 2 aliphatic heterocycles. The summed E-state index contributed by atoms with van der Waals surface area (Å²) in [6, 6.07) is 18.3. The van der Waals surface area contributed by atoms with E-state index < -0.39 is 17.7 Å². The number of hydrogen-bond donors (Lipinski definition) is 1. The summed E-state index contributed by atoms with van der Waals surface area (Å²) in [6.45, 7) is 4.52. The fraction of sp³-hybridized carbons (Fsp3) is 0.200. The van der Waals surface area contributed by atoms with Crippen molar-refractivity contribution in [1.29, 1.82) is 0 Å². The molecule has 2 aliphatic rings. The van der Waals surface area contributed by atoms with Crippen LogP contribution in [0.4, 0.5) is 5.69 Å². The molecule has 1 fully saturated rings. The van der Waals surface area contributed by atoms with Gasteiger partial charge in [0.05, 0.1) is 18.2 Å². The number of aliphatic hydroxyl groups excluding tert-OH is 1. The van der Waals surface area contributed by atoms with Crippen LogP contribution in [0.5, 0.6) is 5.75 Å². The quantitative estimate of drug-likeness (QED) is 0.245. The Labute approximate surface area is 209 Å². The van der Waals surface area contributed by atoms with E-state index in [4.69, 9.17) is 4.74 Å². The average Bonchev–Trinajstić information content (AvgIpc) is 3.53.